The van der Waals surface area contributed by atoms with Gasteiger partial charge in [0, 0.05) is 24.2 Å². The highest BCUT2D eigenvalue weighted by molar-refractivity contribution is 5.49. The molecule has 1 aromatic carbocycles. The summed E-state index contributed by atoms with van der Waals surface area (Å²) in [6, 6.07) is 3.00. The van der Waals surface area contributed by atoms with Crippen molar-refractivity contribution < 1.29 is 19.7 Å². The minimum absolute atomic E-state index is 0.0135. The number of aromatic hydroxyl groups is 1. The monoisotopic (exact) mass is 257 g/mol. The molecule has 104 valence electrons. The first-order chi connectivity index (χ1) is 8.72. The average Bonchev–Trinajstić information content (AvgIpc) is 2.39. The summed E-state index contributed by atoms with van der Waals surface area (Å²) < 4.78 is 10.3. The summed E-state index contributed by atoms with van der Waals surface area (Å²) in [6.07, 6.45) is 0.857. The molecule has 0 aliphatic carbocycles. The van der Waals surface area contributed by atoms with Crippen molar-refractivity contribution in [3.63, 3.8) is 0 Å². The summed E-state index contributed by atoms with van der Waals surface area (Å²) >= 11 is 0. The minimum Gasteiger partial charge on any atom is -0.507 e. The zero-order chi connectivity index (χ0) is 14.0. The first kappa shape index (κ1) is 16.5. The number of phenolic OH excluding ortho intramolecular Hbond substituents is 1. The lowest BCUT2D eigenvalue weighted by molar-refractivity contribution is 0.0979. The third-order valence-electron chi connectivity index (χ3n) is 2.06. The first-order valence-corrected chi connectivity index (χ1v) is 6.15. The van der Waals surface area contributed by atoms with E-state index in [-0.39, 0.29) is 12.3 Å². The highest BCUT2D eigenvalue weighted by Gasteiger charge is 2.11. The van der Waals surface area contributed by atoms with Gasteiger partial charge >= 0.3 is 0 Å². The lowest BCUT2D eigenvalue weighted by Crippen LogP contribution is -2.05. The van der Waals surface area contributed by atoms with E-state index in [1.165, 1.54) is 6.07 Å². The second kappa shape index (κ2) is 9.56. The van der Waals surface area contributed by atoms with Crippen LogP contribution in [0.15, 0.2) is 12.1 Å². The Kier molecular flexibility index (Phi) is 8.78. The molecule has 0 fully saturated rings. The SMILES string of the molecule is CC.CCCOc1cc(OCO)cc(O)c1CN. The molecule has 0 spiro atoms. The third-order valence-corrected chi connectivity index (χ3v) is 2.06. The van der Waals surface area contributed by atoms with Crippen LogP contribution in [0.5, 0.6) is 17.2 Å². The molecule has 4 N–H and O–H groups in total. The molecular weight excluding hydrogens is 234 g/mol. The van der Waals surface area contributed by atoms with Crippen molar-refractivity contribution in [2.45, 2.75) is 33.7 Å². The maximum absolute atomic E-state index is 9.68. The molecule has 0 saturated carbocycles. The van der Waals surface area contributed by atoms with Gasteiger partial charge in [-0.3, -0.25) is 0 Å². The molecule has 0 saturated heterocycles. The second-order valence-electron chi connectivity index (χ2n) is 3.25. The largest absolute Gasteiger partial charge is 0.507 e. The number of hydrogen-bond donors (Lipinski definition) is 3. The van der Waals surface area contributed by atoms with Crippen molar-refractivity contribution in [1.29, 1.82) is 0 Å². The molecule has 0 heterocycles. The third kappa shape index (κ3) is 4.81. The Morgan fingerprint density at radius 3 is 2.39 bits per heavy atom. The van der Waals surface area contributed by atoms with Crippen molar-refractivity contribution in [3.8, 4) is 17.2 Å². The van der Waals surface area contributed by atoms with Crippen LogP contribution in [-0.4, -0.2) is 23.6 Å². The van der Waals surface area contributed by atoms with Crippen LogP contribution < -0.4 is 15.2 Å². The van der Waals surface area contributed by atoms with E-state index < -0.39 is 6.79 Å². The van der Waals surface area contributed by atoms with Crippen LogP contribution in [0.2, 0.25) is 0 Å². The van der Waals surface area contributed by atoms with Crippen molar-refractivity contribution in [1.82, 2.24) is 0 Å². The first-order valence-electron chi connectivity index (χ1n) is 6.15. The quantitative estimate of drug-likeness (QED) is 0.679. The van der Waals surface area contributed by atoms with E-state index in [1.54, 1.807) is 6.07 Å². The molecule has 0 radical (unpaired) electrons. The minimum atomic E-state index is -0.450. The van der Waals surface area contributed by atoms with Crippen molar-refractivity contribution in [2.24, 2.45) is 5.73 Å². The topological polar surface area (TPSA) is 84.9 Å². The molecule has 5 nitrogen and oxygen atoms in total. The van der Waals surface area contributed by atoms with Gasteiger partial charge in [-0.15, -0.1) is 0 Å². The summed E-state index contributed by atoms with van der Waals surface area (Å²) in [4.78, 5) is 0. The van der Waals surface area contributed by atoms with Gasteiger partial charge in [0.15, 0.2) is 6.79 Å². The smallest absolute Gasteiger partial charge is 0.186 e. The number of ether oxygens (including phenoxy) is 2. The van der Waals surface area contributed by atoms with E-state index >= 15 is 0 Å². The number of aliphatic hydroxyl groups is 1. The van der Waals surface area contributed by atoms with Gasteiger partial charge in [-0.05, 0) is 6.42 Å². The van der Waals surface area contributed by atoms with Crippen molar-refractivity contribution in [2.75, 3.05) is 13.4 Å². The van der Waals surface area contributed by atoms with Gasteiger partial charge in [-0.2, -0.15) is 0 Å². The average molecular weight is 257 g/mol. The van der Waals surface area contributed by atoms with Crippen LogP contribution in [0.3, 0.4) is 0 Å². The molecule has 1 aromatic rings. The maximum atomic E-state index is 9.68. The Morgan fingerprint density at radius 2 is 1.89 bits per heavy atom. The summed E-state index contributed by atoms with van der Waals surface area (Å²) in [6.45, 7) is 6.25. The molecule has 5 heteroatoms. The predicted octanol–water partition coefficient (Wildman–Crippen LogP) is 1.99. The molecule has 0 aliphatic heterocycles. The number of nitrogens with two attached hydrogens (primary N) is 1. The van der Waals surface area contributed by atoms with E-state index in [2.05, 4.69) is 0 Å². The fraction of sp³-hybridized carbons (Fsp3) is 0.538. The van der Waals surface area contributed by atoms with Crippen LogP contribution in [0.1, 0.15) is 32.8 Å². The number of phenols is 1. The number of aliphatic hydroxyl groups excluding tert-OH is 1. The Hall–Kier alpha value is -1.46. The fourth-order valence-corrected chi connectivity index (χ4v) is 1.31. The van der Waals surface area contributed by atoms with Gasteiger partial charge in [0.1, 0.15) is 17.2 Å². The van der Waals surface area contributed by atoms with E-state index in [1.807, 2.05) is 20.8 Å². The van der Waals surface area contributed by atoms with Crippen molar-refractivity contribution >= 4 is 0 Å². The Balaban J connectivity index is 0.00000137. The van der Waals surface area contributed by atoms with E-state index in [0.29, 0.717) is 23.7 Å². The molecule has 1 rings (SSSR count). The van der Waals surface area contributed by atoms with Gasteiger partial charge in [0.05, 0.1) is 6.61 Å². The number of rotatable bonds is 6. The second-order valence-corrected chi connectivity index (χ2v) is 3.25. The van der Waals surface area contributed by atoms with E-state index in [0.717, 1.165) is 6.42 Å². The lowest BCUT2D eigenvalue weighted by atomic mass is 10.1. The van der Waals surface area contributed by atoms with Gasteiger partial charge < -0.3 is 25.4 Å². The Morgan fingerprint density at radius 1 is 1.22 bits per heavy atom. The molecule has 0 atom stereocenters. The summed E-state index contributed by atoms with van der Waals surface area (Å²) in [5.74, 6) is 0.857. The number of hydrogen-bond acceptors (Lipinski definition) is 5. The molecule has 0 amide bonds. The zero-order valence-electron chi connectivity index (χ0n) is 11.3. The Bertz CT molecular complexity index is 342. The summed E-state index contributed by atoms with van der Waals surface area (Å²) in [7, 11) is 0. The van der Waals surface area contributed by atoms with Crippen LogP contribution in [0, 0.1) is 0 Å². The van der Waals surface area contributed by atoms with Crippen molar-refractivity contribution in [3.05, 3.63) is 17.7 Å². The van der Waals surface area contributed by atoms with Crippen LogP contribution in [-0.2, 0) is 6.54 Å². The van der Waals surface area contributed by atoms with E-state index in [4.69, 9.17) is 20.3 Å². The normalized spacial score (nSPS) is 9.39. The molecule has 0 unspecified atom stereocenters. The molecular formula is C13H23NO4. The highest BCUT2D eigenvalue weighted by atomic mass is 16.6. The molecule has 0 bridgehead atoms. The van der Waals surface area contributed by atoms with Gasteiger partial charge in [0.2, 0.25) is 0 Å². The fourth-order valence-electron chi connectivity index (χ4n) is 1.31. The molecule has 18 heavy (non-hydrogen) atoms. The number of benzene rings is 1. The lowest BCUT2D eigenvalue weighted by Gasteiger charge is -2.13. The standard InChI is InChI=1S/C11H17NO4.C2H6/c1-2-3-15-11-5-8(16-7-13)4-10(14)9(11)6-12;1-2/h4-5,13-14H,2-3,6-7,12H2,1H3;1-2H3. The van der Waals surface area contributed by atoms with Crippen LogP contribution in [0.25, 0.3) is 0 Å². The summed E-state index contributed by atoms with van der Waals surface area (Å²) in [5.41, 5.74) is 6.06. The van der Waals surface area contributed by atoms with Gasteiger partial charge in [0.25, 0.3) is 0 Å². The predicted molar refractivity (Wildman–Crippen MR) is 70.8 cm³/mol. The van der Waals surface area contributed by atoms with E-state index in [9.17, 15) is 5.11 Å². The van der Waals surface area contributed by atoms with Crippen LogP contribution in [0.4, 0.5) is 0 Å². The van der Waals surface area contributed by atoms with Gasteiger partial charge in [-0.1, -0.05) is 20.8 Å². The highest BCUT2D eigenvalue weighted by Crippen LogP contribution is 2.33. The summed E-state index contributed by atoms with van der Waals surface area (Å²) in [5, 5.41) is 18.3. The van der Waals surface area contributed by atoms with Gasteiger partial charge in [-0.25, -0.2) is 0 Å². The molecule has 0 aliphatic rings. The zero-order valence-corrected chi connectivity index (χ0v) is 11.3. The van der Waals surface area contributed by atoms with Crippen LogP contribution >= 0.6 is 0 Å². The Labute approximate surface area is 108 Å². The maximum Gasteiger partial charge on any atom is 0.186 e. The molecule has 0 aromatic heterocycles.